The molecule has 2 aromatic carbocycles. The average Bonchev–Trinajstić information content (AvgIpc) is 2.98. The number of likely N-dealkylation sites (tertiary alicyclic amines) is 2. The topological polar surface area (TPSA) is 41.8 Å². The van der Waals surface area contributed by atoms with Crippen molar-refractivity contribution in [2.75, 3.05) is 13.1 Å². The van der Waals surface area contributed by atoms with Crippen molar-refractivity contribution in [1.29, 1.82) is 0 Å². The number of hydrogen-bond acceptors (Lipinski definition) is 2. The predicted octanol–water partition coefficient (Wildman–Crippen LogP) is 1.92. The number of halogens is 1. The number of benzene rings is 2. The number of carbonyl (C=O) groups is 2. The molecule has 0 aromatic heterocycles. The number of imide groups is 1. The van der Waals surface area contributed by atoms with Gasteiger partial charge in [0.25, 0.3) is 5.91 Å². The number of quaternary nitrogens is 1. The van der Waals surface area contributed by atoms with Crippen molar-refractivity contribution in [2.45, 2.75) is 37.8 Å². The van der Waals surface area contributed by atoms with Crippen LogP contribution in [0.25, 0.3) is 0 Å². The third kappa shape index (κ3) is 3.78. The molecule has 0 radical (unpaired) electrons. The second-order valence-electron chi connectivity index (χ2n) is 7.54. The standard InChI is InChI=1S/C22H23FN2O2/c23-19-8-6-17(7-9-19)18-10-12-24(13-11-18)20-14-21(26)25(22(20)27)15-16-4-2-1-3-5-16/h1-9,18,20H,10-15H2/p+1/t20-/m0/s1. The van der Waals surface area contributed by atoms with Gasteiger partial charge >= 0.3 is 0 Å². The van der Waals surface area contributed by atoms with Crippen LogP contribution in [-0.2, 0) is 16.1 Å². The van der Waals surface area contributed by atoms with Gasteiger partial charge in [0.15, 0.2) is 6.04 Å². The zero-order valence-electron chi connectivity index (χ0n) is 15.2. The third-order valence-corrected chi connectivity index (χ3v) is 5.89. The van der Waals surface area contributed by atoms with E-state index in [9.17, 15) is 14.0 Å². The van der Waals surface area contributed by atoms with Crippen LogP contribution in [0.4, 0.5) is 4.39 Å². The summed E-state index contributed by atoms with van der Waals surface area (Å²) >= 11 is 0. The van der Waals surface area contributed by atoms with Crippen LogP contribution in [-0.4, -0.2) is 35.8 Å². The monoisotopic (exact) mass is 367 g/mol. The van der Waals surface area contributed by atoms with Gasteiger partial charge in [-0.25, -0.2) is 4.39 Å². The highest BCUT2D eigenvalue weighted by Gasteiger charge is 2.45. The molecule has 2 amide bonds. The summed E-state index contributed by atoms with van der Waals surface area (Å²) in [6, 6.07) is 16.1. The lowest BCUT2D eigenvalue weighted by molar-refractivity contribution is -0.920. The number of carbonyl (C=O) groups excluding carboxylic acids is 2. The molecule has 2 aliphatic heterocycles. The summed E-state index contributed by atoms with van der Waals surface area (Å²) in [4.78, 5) is 27.9. The summed E-state index contributed by atoms with van der Waals surface area (Å²) in [5.41, 5.74) is 2.14. The zero-order valence-corrected chi connectivity index (χ0v) is 15.2. The smallest absolute Gasteiger partial charge is 0.288 e. The minimum atomic E-state index is -0.254. The molecular formula is C22H24FN2O2+. The van der Waals surface area contributed by atoms with Gasteiger partial charge in [0.2, 0.25) is 5.91 Å². The van der Waals surface area contributed by atoms with Gasteiger partial charge in [-0.1, -0.05) is 42.5 Å². The van der Waals surface area contributed by atoms with E-state index in [4.69, 9.17) is 0 Å². The third-order valence-electron chi connectivity index (χ3n) is 5.89. The van der Waals surface area contributed by atoms with Gasteiger partial charge in [0, 0.05) is 12.8 Å². The van der Waals surface area contributed by atoms with Crippen LogP contribution in [0.1, 0.15) is 36.3 Å². The van der Waals surface area contributed by atoms with E-state index in [2.05, 4.69) is 0 Å². The van der Waals surface area contributed by atoms with E-state index in [1.165, 1.54) is 21.9 Å². The molecule has 5 heteroatoms. The van der Waals surface area contributed by atoms with Crippen molar-refractivity contribution in [1.82, 2.24) is 4.90 Å². The highest BCUT2D eigenvalue weighted by molar-refractivity contribution is 6.04. The first-order valence-electron chi connectivity index (χ1n) is 9.60. The molecule has 1 atom stereocenters. The molecule has 2 saturated heterocycles. The van der Waals surface area contributed by atoms with Crippen LogP contribution in [0, 0.1) is 5.82 Å². The van der Waals surface area contributed by atoms with Crippen molar-refractivity contribution in [3.05, 3.63) is 71.5 Å². The molecule has 2 heterocycles. The zero-order chi connectivity index (χ0) is 18.8. The Kier molecular flexibility index (Phi) is 5.03. The van der Waals surface area contributed by atoms with Crippen LogP contribution < -0.4 is 4.90 Å². The SMILES string of the molecule is O=C1C[C@H]([NH+]2CCC(c3ccc(F)cc3)CC2)C(=O)N1Cc1ccccc1. The fourth-order valence-electron chi connectivity index (χ4n) is 4.34. The van der Waals surface area contributed by atoms with Gasteiger partial charge in [-0.15, -0.1) is 0 Å². The van der Waals surface area contributed by atoms with E-state index in [0.29, 0.717) is 18.9 Å². The molecular weight excluding hydrogens is 343 g/mol. The van der Waals surface area contributed by atoms with E-state index in [-0.39, 0.29) is 23.7 Å². The Morgan fingerprint density at radius 3 is 2.30 bits per heavy atom. The van der Waals surface area contributed by atoms with E-state index < -0.39 is 0 Å². The van der Waals surface area contributed by atoms with Crippen molar-refractivity contribution in [2.24, 2.45) is 0 Å². The summed E-state index contributed by atoms with van der Waals surface area (Å²) in [6.07, 6.45) is 2.22. The van der Waals surface area contributed by atoms with E-state index in [0.717, 1.165) is 37.1 Å². The lowest BCUT2D eigenvalue weighted by Crippen LogP contribution is -3.17. The first kappa shape index (κ1) is 17.9. The number of hydrogen-bond donors (Lipinski definition) is 1. The number of amides is 2. The van der Waals surface area contributed by atoms with Gasteiger partial charge in [-0.2, -0.15) is 0 Å². The molecule has 0 saturated carbocycles. The quantitative estimate of drug-likeness (QED) is 0.839. The summed E-state index contributed by atoms with van der Waals surface area (Å²) in [5, 5.41) is 0. The Balaban J connectivity index is 1.38. The first-order chi connectivity index (χ1) is 13.1. The molecule has 140 valence electrons. The van der Waals surface area contributed by atoms with Crippen molar-refractivity contribution in [3.63, 3.8) is 0 Å². The molecule has 4 rings (SSSR count). The molecule has 0 spiro atoms. The van der Waals surface area contributed by atoms with Crippen molar-refractivity contribution in [3.8, 4) is 0 Å². The minimum Gasteiger partial charge on any atom is -0.324 e. The average molecular weight is 367 g/mol. The Bertz CT molecular complexity index is 814. The highest BCUT2D eigenvalue weighted by atomic mass is 19.1. The number of piperidine rings is 1. The predicted molar refractivity (Wildman–Crippen MR) is 99.5 cm³/mol. The second kappa shape index (κ2) is 7.61. The van der Waals surface area contributed by atoms with Crippen LogP contribution in [0.15, 0.2) is 54.6 Å². The summed E-state index contributed by atoms with van der Waals surface area (Å²) < 4.78 is 13.1. The van der Waals surface area contributed by atoms with Gasteiger partial charge in [0.1, 0.15) is 5.82 Å². The molecule has 0 aliphatic carbocycles. The largest absolute Gasteiger partial charge is 0.324 e. The van der Waals surface area contributed by atoms with E-state index in [1.54, 1.807) is 0 Å². The Labute approximate surface area is 158 Å². The first-order valence-corrected chi connectivity index (χ1v) is 9.60. The lowest BCUT2D eigenvalue weighted by Gasteiger charge is -2.32. The molecule has 4 nitrogen and oxygen atoms in total. The molecule has 2 aliphatic rings. The van der Waals surface area contributed by atoms with Crippen molar-refractivity contribution >= 4 is 11.8 Å². The van der Waals surface area contributed by atoms with Crippen LogP contribution in [0.5, 0.6) is 0 Å². The number of rotatable bonds is 4. The van der Waals surface area contributed by atoms with Gasteiger partial charge in [-0.3, -0.25) is 14.5 Å². The van der Waals surface area contributed by atoms with Gasteiger partial charge < -0.3 is 4.90 Å². The summed E-state index contributed by atoms with van der Waals surface area (Å²) in [7, 11) is 0. The summed E-state index contributed by atoms with van der Waals surface area (Å²) in [6.45, 7) is 2.09. The Hall–Kier alpha value is -2.53. The molecule has 2 aromatic rings. The lowest BCUT2D eigenvalue weighted by atomic mass is 9.89. The van der Waals surface area contributed by atoms with Crippen LogP contribution >= 0.6 is 0 Å². The molecule has 1 N–H and O–H groups in total. The van der Waals surface area contributed by atoms with Crippen LogP contribution in [0.3, 0.4) is 0 Å². The Morgan fingerprint density at radius 2 is 1.63 bits per heavy atom. The highest BCUT2D eigenvalue weighted by Crippen LogP contribution is 2.25. The van der Waals surface area contributed by atoms with E-state index >= 15 is 0 Å². The minimum absolute atomic E-state index is 0.0425. The molecule has 27 heavy (non-hydrogen) atoms. The molecule has 0 bridgehead atoms. The fraction of sp³-hybridized carbons (Fsp3) is 0.364. The maximum Gasteiger partial charge on any atom is 0.288 e. The number of nitrogens with zero attached hydrogens (tertiary/aromatic N) is 1. The maximum atomic E-state index is 13.1. The number of nitrogens with one attached hydrogen (secondary N) is 1. The normalized spacial score (nSPS) is 25.8. The second-order valence-corrected chi connectivity index (χ2v) is 7.54. The maximum absolute atomic E-state index is 13.1. The molecule has 0 unspecified atom stereocenters. The van der Waals surface area contributed by atoms with Crippen LogP contribution in [0.2, 0.25) is 0 Å². The van der Waals surface area contributed by atoms with E-state index in [1.807, 2.05) is 42.5 Å². The fourth-order valence-corrected chi connectivity index (χ4v) is 4.34. The molecule has 2 fully saturated rings. The Morgan fingerprint density at radius 1 is 0.963 bits per heavy atom. The van der Waals surface area contributed by atoms with Gasteiger partial charge in [0.05, 0.1) is 26.1 Å². The summed E-state index contributed by atoms with van der Waals surface area (Å²) in [5.74, 6) is 0.0819. The van der Waals surface area contributed by atoms with Crippen molar-refractivity contribution < 1.29 is 18.9 Å². The van der Waals surface area contributed by atoms with Gasteiger partial charge in [-0.05, 0) is 29.2 Å².